The third-order valence-corrected chi connectivity index (χ3v) is 7.15. The Kier molecular flexibility index (Phi) is 9.65. The SMILES string of the molecule is Cc1ccc(Cl)cc1N(CC(=O)N(Cc1ccc(Cl)c(Cl)c1)C(C)C(=O)NC(C)C)S(C)(=O)=O. The molecule has 11 heteroatoms. The summed E-state index contributed by atoms with van der Waals surface area (Å²) >= 11 is 18.2. The Balaban J connectivity index is 2.46. The Morgan fingerprint density at radius 1 is 1.00 bits per heavy atom. The molecule has 0 saturated heterocycles. The van der Waals surface area contributed by atoms with Crippen LogP contribution in [-0.2, 0) is 26.2 Å². The molecule has 1 N–H and O–H groups in total. The van der Waals surface area contributed by atoms with Gasteiger partial charge in [-0.15, -0.1) is 0 Å². The summed E-state index contributed by atoms with van der Waals surface area (Å²) in [6, 6.07) is 8.67. The second-order valence-electron chi connectivity index (χ2n) is 8.31. The Morgan fingerprint density at radius 2 is 1.65 bits per heavy atom. The van der Waals surface area contributed by atoms with E-state index in [1.165, 1.54) is 11.0 Å². The molecule has 1 atom stereocenters. The van der Waals surface area contributed by atoms with Crippen LogP contribution in [0.4, 0.5) is 5.69 Å². The molecule has 34 heavy (non-hydrogen) atoms. The van der Waals surface area contributed by atoms with Gasteiger partial charge in [-0.25, -0.2) is 8.42 Å². The summed E-state index contributed by atoms with van der Waals surface area (Å²) in [6.45, 7) is 6.43. The maximum absolute atomic E-state index is 13.5. The number of carbonyl (C=O) groups excluding carboxylic acids is 2. The summed E-state index contributed by atoms with van der Waals surface area (Å²) in [4.78, 5) is 27.6. The average Bonchev–Trinajstić information content (AvgIpc) is 2.72. The minimum Gasteiger partial charge on any atom is -0.352 e. The van der Waals surface area contributed by atoms with Gasteiger partial charge in [0.25, 0.3) is 0 Å². The number of amides is 2. The molecule has 0 heterocycles. The number of hydrogen-bond donors (Lipinski definition) is 1. The summed E-state index contributed by atoms with van der Waals surface area (Å²) in [6.07, 6.45) is 1.01. The minimum atomic E-state index is -3.85. The number of rotatable bonds is 9. The Bertz CT molecular complexity index is 1170. The fourth-order valence-electron chi connectivity index (χ4n) is 3.27. The highest BCUT2D eigenvalue weighted by molar-refractivity contribution is 7.92. The van der Waals surface area contributed by atoms with Crippen molar-refractivity contribution in [2.45, 2.75) is 46.3 Å². The van der Waals surface area contributed by atoms with E-state index in [0.717, 1.165) is 10.6 Å². The van der Waals surface area contributed by atoms with Gasteiger partial charge in [-0.2, -0.15) is 0 Å². The van der Waals surface area contributed by atoms with Crippen molar-refractivity contribution in [3.8, 4) is 0 Å². The van der Waals surface area contributed by atoms with Gasteiger partial charge in [-0.1, -0.05) is 46.9 Å². The monoisotopic (exact) mass is 547 g/mol. The largest absolute Gasteiger partial charge is 0.352 e. The molecule has 0 spiro atoms. The molecule has 0 aliphatic rings. The van der Waals surface area contributed by atoms with Crippen LogP contribution in [0.5, 0.6) is 0 Å². The fourth-order valence-corrected chi connectivity index (χ4v) is 4.65. The Hall–Kier alpha value is -2.00. The van der Waals surface area contributed by atoms with E-state index in [1.54, 1.807) is 44.2 Å². The highest BCUT2D eigenvalue weighted by Crippen LogP contribution is 2.27. The Labute approximate surface area is 216 Å². The van der Waals surface area contributed by atoms with Gasteiger partial charge in [0.15, 0.2) is 0 Å². The molecule has 2 aromatic carbocycles. The molecule has 0 saturated carbocycles. The zero-order valence-corrected chi connectivity index (χ0v) is 22.7. The third-order valence-electron chi connectivity index (χ3n) is 5.05. The van der Waals surface area contributed by atoms with Gasteiger partial charge in [0.05, 0.1) is 22.0 Å². The smallest absolute Gasteiger partial charge is 0.244 e. The normalized spacial score (nSPS) is 12.4. The topological polar surface area (TPSA) is 86.8 Å². The lowest BCUT2D eigenvalue weighted by atomic mass is 10.1. The average molecular weight is 549 g/mol. The van der Waals surface area contributed by atoms with Gasteiger partial charge < -0.3 is 10.2 Å². The molecule has 0 bridgehead atoms. The number of benzene rings is 2. The maximum Gasteiger partial charge on any atom is 0.244 e. The fraction of sp³-hybridized carbons (Fsp3) is 0.391. The molecule has 2 rings (SSSR count). The van der Waals surface area contributed by atoms with Crippen LogP contribution < -0.4 is 9.62 Å². The first-order valence-electron chi connectivity index (χ1n) is 10.5. The highest BCUT2D eigenvalue weighted by atomic mass is 35.5. The molecular weight excluding hydrogens is 521 g/mol. The number of carbonyl (C=O) groups is 2. The van der Waals surface area contributed by atoms with Crippen LogP contribution in [0.15, 0.2) is 36.4 Å². The van der Waals surface area contributed by atoms with E-state index in [1.807, 2.05) is 13.8 Å². The van der Waals surface area contributed by atoms with Crippen LogP contribution >= 0.6 is 34.8 Å². The molecule has 0 fully saturated rings. The maximum atomic E-state index is 13.5. The lowest BCUT2D eigenvalue weighted by Gasteiger charge is -2.32. The quantitative estimate of drug-likeness (QED) is 0.494. The van der Waals surface area contributed by atoms with E-state index >= 15 is 0 Å². The molecule has 1 unspecified atom stereocenters. The van der Waals surface area contributed by atoms with Crippen molar-refractivity contribution in [1.82, 2.24) is 10.2 Å². The molecule has 2 aromatic rings. The van der Waals surface area contributed by atoms with Crippen molar-refractivity contribution in [2.24, 2.45) is 0 Å². The summed E-state index contributed by atoms with van der Waals surface area (Å²) in [7, 11) is -3.85. The van der Waals surface area contributed by atoms with Crippen LogP contribution in [0.3, 0.4) is 0 Å². The van der Waals surface area contributed by atoms with Gasteiger partial charge in [0.2, 0.25) is 21.8 Å². The van der Waals surface area contributed by atoms with E-state index in [4.69, 9.17) is 34.8 Å². The lowest BCUT2D eigenvalue weighted by molar-refractivity contribution is -0.139. The van der Waals surface area contributed by atoms with Gasteiger partial charge in [0.1, 0.15) is 12.6 Å². The van der Waals surface area contributed by atoms with Crippen LogP contribution in [0.1, 0.15) is 31.9 Å². The molecule has 0 aromatic heterocycles. The number of halogens is 3. The highest BCUT2D eigenvalue weighted by Gasteiger charge is 2.31. The number of nitrogens with zero attached hydrogens (tertiary/aromatic N) is 2. The van der Waals surface area contributed by atoms with Crippen molar-refractivity contribution >= 4 is 62.3 Å². The second kappa shape index (κ2) is 11.6. The van der Waals surface area contributed by atoms with Gasteiger partial charge >= 0.3 is 0 Å². The molecular formula is C23H28Cl3N3O4S. The standard InChI is InChI=1S/C23H28Cl3N3O4S/c1-14(2)27-23(31)16(4)28(12-17-7-9-19(25)20(26)10-17)22(30)13-29(34(5,32)33)21-11-18(24)8-6-15(21)3/h6-11,14,16H,12-13H2,1-5H3,(H,27,31). The third kappa shape index (κ3) is 7.50. The van der Waals surface area contributed by atoms with Crippen LogP contribution in [0, 0.1) is 6.92 Å². The predicted molar refractivity (Wildman–Crippen MR) is 138 cm³/mol. The molecule has 0 aliphatic carbocycles. The molecule has 7 nitrogen and oxygen atoms in total. The van der Waals surface area contributed by atoms with Gasteiger partial charge in [0, 0.05) is 17.6 Å². The van der Waals surface area contributed by atoms with E-state index in [0.29, 0.717) is 26.2 Å². The summed E-state index contributed by atoms with van der Waals surface area (Å²) in [5.74, 6) is -0.935. The van der Waals surface area contributed by atoms with Gasteiger partial charge in [-0.05, 0) is 63.1 Å². The van der Waals surface area contributed by atoms with Crippen molar-refractivity contribution in [3.05, 3.63) is 62.6 Å². The van der Waals surface area contributed by atoms with E-state index in [-0.39, 0.29) is 24.2 Å². The predicted octanol–water partition coefficient (Wildman–Crippen LogP) is 4.66. The van der Waals surface area contributed by atoms with Crippen LogP contribution in [-0.4, -0.2) is 50.0 Å². The molecule has 186 valence electrons. The summed E-state index contributed by atoms with van der Waals surface area (Å²) in [5, 5.41) is 3.78. The van der Waals surface area contributed by atoms with Crippen molar-refractivity contribution < 1.29 is 18.0 Å². The first-order chi connectivity index (χ1) is 15.7. The second-order valence-corrected chi connectivity index (χ2v) is 11.5. The molecule has 0 aliphatic heterocycles. The first-order valence-corrected chi connectivity index (χ1v) is 13.5. The molecule has 2 amide bonds. The van der Waals surface area contributed by atoms with Crippen LogP contribution in [0.2, 0.25) is 15.1 Å². The minimum absolute atomic E-state index is 0.0224. The number of aryl methyl sites for hydroxylation is 1. The van der Waals surface area contributed by atoms with Crippen molar-refractivity contribution in [3.63, 3.8) is 0 Å². The van der Waals surface area contributed by atoms with Crippen molar-refractivity contribution in [2.75, 3.05) is 17.1 Å². The number of hydrogen-bond acceptors (Lipinski definition) is 4. The zero-order valence-electron chi connectivity index (χ0n) is 19.6. The number of nitrogens with one attached hydrogen (secondary N) is 1. The van der Waals surface area contributed by atoms with Crippen LogP contribution in [0.25, 0.3) is 0 Å². The summed E-state index contributed by atoms with van der Waals surface area (Å²) < 4.78 is 26.3. The first kappa shape index (κ1) is 28.2. The number of sulfonamides is 1. The van der Waals surface area contributed by atoms with E-state index in [2.05, 4.69) is 5.32 Å². The summed E-state index contributed by atoms with van der Waals surface area (Å²) in [5.41, 5.74) is 1.55. The van der Waals surface area contributed by atoms with E-state index < -0.39 is 28.5 Å². The zero-order chi connectivity index (χ0) is 25.8. The Morgan fingerprint density at radius 3 is 2.21 bits per heavy atom. The lowest BCUT2D eigenvalue weighted by Crippen LogP contribution is -2.52. The molecule has 0 radical (unpaired) electrons. The number of anilines is 1. The van der Waals surface area contributed by atoms with Crippen molar-refractivity contribution in [1.29, 1.82) is 0 Å². The van der Waals surface area contributed by atoms with Gasteiger partial charge in [-0.3, -0.25) is 13.9 Å². The van der Waals surface area contributed by atoms with E-state index in [9.17, 15) is 18.0 Å².